The predicted molar refractivity (Wildman–Crippen MR) is 102 cm³/mol. The van der Waals surface area contributed by atoms with Gasteiger partial charge < -0.3 is 9.47 Å². The Balaban J connectivity index is 1.97. The normalized spacial score (nSPS) is 15.8. The first-order valence-corrected chi connectivity index (χ1v) is 8.98. The molecule has 0 spiro atoms. The number of alkyl halides is 3. The van der Waals surface area contributed by atoms with Crippen LogP contribution < -0.4 is 0 Å². The summed E-state index contributed by atoms with van der Waals surface area (Å²) in [5, 5.41) is 0. The monoisotopic (exact) mass is 398 g/mol. The summed E-state index contributed by atoms with van der Waals surface area (Å²) in [7, 11) is 1.23. The molecule has 0 amide bonds. The third-order valence-corrected chi connectivity index (χ3v) is 5.02. The lowest BCUT2D eigenvalue weighted by Gasteiger charge is -2.17. The lowest BCUT2D eigenvalue weighted by molar-refractivity contribution is -0.155. The first-order chi connectivity index (χ1) is 13.9. The Kier molecular flexibility index (Phi) is 4.88. The maximum atomic E-state index is 13.4. The predicted octanol–water partition coefficient (Wildman–Crippen LogP) is 5.78. The van der Waals surface area contributed by atoms with Crippen LogP contribution in [-0.2, 0) is 27.1 Å². The molecular formula is C23H17F3O3. The lowest BCUT2D eigenvalue weighted by Crippen LogP contribution is -2.17. The van der Waals surface area contributed by atoms with Crippen LogP contribution in [0.2, 0.25) is 0 Å². The van der Waals surface area contributed by atoms with E-state index < -0.39 is 23.8 Å². The van der Waals surface area contributed by atoms with Crippen LogP contribution in [0.3, 0.4) is 0 Å². The second-order valence-electron chi connectivity index (χ2n) is 6.71. The summed E-state index contributed by atoms with van der Waals surface area (Å²) in [6.07, 6.45) is -5.60. The van der Waals surface area contributed by atoms with Gasteiger partial charge in [0.05, 0.1) is 19.3 Å². The SMILES string of the molecule is COC(=O)C1OCc2c(-c3ccccc3)cccc2-c2cc(C(F)(F)F)ccc21. The van der Waals surface area contributed by atoms with E-state index in [-0.39, 0.29) is 6.61 Å². The molecule has 3 aromatic carbocycles. The van der Waals surface area contributed by atoms with Crippen LogP contribution in [0.5, 0.6) is 0 Å². The van der Waals surface area contributed by atoms with Crippen molar-refractivity contribution in [2.45, 2.75) is 18.9 Å². The van der Waals surface area contributed by atoms with Gasteiger partial charge in [-0.25, -0.2) is 4.79 Å². The summed E-state index contributed by atoms with van der Waals surface area (Å²) >= 11 is 0. The van der Waals surface area contributed by atoms with Gasteiger partial charge in [0.15, 0.2) is 6.10 Å². The van der Waals surface area contributed by atoms with E-state index >= 15 is 0 Å². The largest absolute Gasteiger partial charge is 0.467 e. The van der Waals surface area contributed by atoms with Gasteiger partial charge in [-0.2, -0.15) is 13.2 Å². The molecule has 1 unspecified atom stereocenters. The van der Waals surface area contributed by atoms with Gasteiger partial charge in [-0.3, -0.25) is 0 Å². The van der Waals surface area contributed by atoms with Crippen molar-refractivity contribution in [2.75, 3.05) is 7.11 Å². The van der Waals surface area contributed by atoms with E-state index in [2.05, 4.69) is 0 Å². The molecule has 0 N–H and O–H groups in total. The highest BCUT2D eigenvalue weighted by Gasteiger charge is 2.35. The number of ether oxygens (including phenoxy) is 2. The van der Waals surface area contributed by atoms with Crippen molar-refractivity contribution in [3.63, 3.8) is 0 Å². The molecule has 6 heteroatoms. The standard InChI is InChI=1S/C23H17F3O3/c1-28-22(27)21-18-11-10-15(23(24,25)26)12-19(18)17-9-5-8-16(20(17)13-29-21)14-6-3-2-4-7-14/h2-12,21H,13H2,1H3. The van der Waals surface area contributed by atoms with E-state index in [0.717, 1.165) is 28.8 Å². The fraction of sp³-hybridized carbons (Fsp3) is 0.174. The van der Waals surface area contributed by atoms with Crippen molar-refractivity contribution in [1.29, 1.82) is 0 Å². The summed E-state index contributed by atoms with van der Waals surface area (Å²) in [5.74, 6) is -0.653. The molecule has 0 aliphatic carbocycles. The van der Waals surface area contributed by atoms with Crippen LogP contribution in [0.1, 0.15) is 22.8 Å². The average molecular weight is 398 g/mol. The Morgan fingerprint density at radius 1 is 0.966 bits per heavy atom. The molecule has 1 heterocycles. The van der Waals surface area contributed by atoms with Crippen LogP contribution >= 0.6 is 0 Å². The van der Waals surface area contributed by atoms with E-state index in [4.69, 9.17) is 9.47 Å². The number of carbonyl (C=O) groups excluding carboxylic acids is 1. The van der Waals surface area contributed by atoms with E-state index in [9.17, 15) is 18.0 Å². The molecule has 0 bridgehead atoms. The minimum atomic E-state index is -4.50. The van der Waals surface area contributed by atoms with Crippen molar-refractivity contribution in [1.82, 2.24) is 0 Å². The Labute approximate surface area is 165 Å². The number of fused-ring (bicyclic) bond motifs is 3. The minimum Gasteiger partial charge on any atom is -0.467 e. The number of halogens is 3. The summed E-state index contributed by atoms with van der Waals surface area (Å²) in [6, 6.07) is 18.3. The topological polar surface area (TPSA) is 35.5 Å². The first kappa shape index (κ1) is 19.2. The molecule has 1 aliphatic rings. The van der Waals surface area contributed by atoms with E-state index in [1.807, 2.05) is 36.4 Å². The second-order valence-corrected chi connectivity index (χ2v) is 6.71. The van der Waals surface area contributed by atoms with Gasteiger partial charge >= 0.3 is 12.1 Å². The zero-order valence-electron chi connectivity index (χ0n) is 15.5. The van der Waals surface area contributed by atoms with Gasteiger partial charge in [-0.1, -0.05) is 54.6 Å². The lowest BCUT2D eigenvalue weighted by atomic mass is 9.89. The van der Waals surface area contributed by atoms with Gasteiger partial charge in [-0.05, 0) is 45.5 Å². The number of hydrogen-bond acceptors (Lipinski definition) is 3. The van der Waals surface area contributed by atoms with Crippen LogP contribution in [0, 0.1) is 0 Å². The van der Waals surface area contributed by atoms with Crippen LogP contribution in [0.25, 0.3) is 22.3 Å². The van der Waals surface area contributed by atoms with E-state index in [1.54, 1.807) is 12.1 Å². The quantitative estimate of drug-likeness (QED) is 0.513. The van der Waals surface area contributed by atoms with E-state index in [1.165, 1.54) is 13.2 Å². The molecule has 148 valence electrons. The zero-order valence-corrected chi connectivity index (χ0v) is 15.5. The molecule has 4 rings (SSSR count). The molecule has 1 aliphatic heterocycles. The van der Waals surface area contributed by atoms with Gasteiger partial charge in [0.25, 0.3) is 0 Å². The maximum Gasteiger partial charge on any atom is 0.416 e. The smallest absolute Gasteiger partial charge is 0.416 e. The molecule has 0 radical (unpaired) electrons. The Bertz CT molecular complexity index is 1060. The van der Waals surface area contributed by atoms with Crippen molar-refractivity contribution < 1.29 is 27.4 Å². The van der Waals surface area contributed by atoms with Gasteiger partial charge in [-0.15, -0.1) is 0 Å². The van der Waals surface area contributed by atoms with Crippen LogP contribution in [0.15, 0.2) is 66.7 Å². The van der Waals surface area contributed by atoms with Crippen LogP contribution in [0.4, 0.5) is 13.2 Å². The highest BCUT2D eigenvalue weighted by Crippen LogP contribution is 2.43. The molecule has 1 atom stereocenters. The average Bonchev–Trinajstić information content (AvgIpc) is 2.89. The summed E-state index contributed by atoms with van der Waals surface area (Å²) < 4.78 is 50.8. The number of benzene rings is 3. The van der Waals surface area contributed by atoms with Gasteiger partial charge in [0.1, 0.15) is 0 Å². The molecular weight excluding hydrogens is 381 g/mol. The summed E-state index contributed by atoms with van der Waals surface area (Å²) in [6.45, 7) is 0.0657. The van der Waals surface area contributed by atoms with Crippen LogP contribution in [-0.4, -0.2) is 13.1 Å². The summed E-state index contributed by atoms with van der Waals surface area (Å²) in [5.41, 5.74) is 2.99. The number of esters is 1. The second kappa shape index (κ2) is 7.37. The molecule has 0 aromatic heterocycles. The van der Waals surface area contributed by atoms with Crippen molar-refractivity contribution in [3.8, 4) is 22.3 Å². The van der Waals surface area contributed by atoms with Crippen molar-refractivity contribution in [3.05, 3.63) is 83.4 Å². The van der Waals surface area contributed by atoms with Crippen molar-refractivity contribution in [2.24, 2.45) is 0 Å². The molecule has 29 heavy (non-hydrogen) atoms. The Hall–Kier alpha value is -3.12. The highest BCUT2D eigenvalue weighted by atomic mass is 19.4. The summed E-state index contributed by atoms with van der Waals surface area (Å²) in [4.78, 5) is 12.3. The van der Waals surface area contributed by atoms with Gasteiger partial charge in [0.2, 0.25) is 0 Å². The third kappa shape index (κ3) is 3.51. The fourth-order valence-electron chi connectivity index (χ4n) is 3.64. The van der Waals surface area contributed by atoms with Gasteiger partial charge in [0, 0.05) is 0 Å². The maximum absolute atomic E-state index is 13.4. The van der Waals surface area contributed by atoms with Crippen molar-refractivity contribution >= 4 is 5.97 Å². The first-order valence-electron chi connectivity index (χ1n) is 8.98. The van der Waals surface area contributed by atoms with E-state index in [0.29, 0.717) is 16.7 Å². The number of rotatable bonds is 2. The fourth-order valence-corrected chi connectivity index (χ4v) is 3.64. The number of methoxy groups -OCH3 is 1. The Morgan fingerprint density at radius 2 is 1.69 bits per heavy atom. The molecule has 0 saturated heterocycles. The molecule has 0 saturated carbocycles. The highest BCUT2D eigenvalue weighted by molar-refractivity contribution is 5.86. The molecule has 3 aromatic rings. The molecule has 0 fully saturated rings. The Morgan fingerprint density at radius 3 is 2.38 bits per heavy atom. The molecule has 3 nitrogen and oxygen atoms in total. The minimum absolute atomic E-state index is 0.0657. The zero-order chi connectivity index (χ0) is 20.6. The number of carbonyl (C=O) groups is 1. The number of hydrogen-bond donors (Lipinski definition) is 0. The third-order valence-electron chi connectivity index (χ3n) is 5.02.